The van der Waals surface area contributed by atoms with Crippen LogP contribution in [0.15, 0.2) is 53.6 Å². The highest BCUT2D eigenvalue weighted by Crippen LogP contribution is 2.10. The van der Waals surface area contributed by atoms with Crippen molar-refractivity contribution in [2.24, 2.45) is 5.10 Å². The molecule has 2 rings (SSSR count). The first-order chi connectivity index (χ1) is 12.4. The molecule has 0 aliphatic heterocycles. The standard InChI is InChI=1S/C19H19Cl2N3O2/c1-13(10-18(25)22-12-15-4-8-17(21)9-5-15)23-24-19(26)11-14-2-6-16(20)7-3-14/h2-9H,10-12H2,1H3,(H,22,25)(H,24,26)/b23-13-. The molecule has 26 heavy (non-hydrogen) atoms. The highest BCUT2D eigenvalue weighted by molar-refractivity contribution is 6.30. The largest absolute Gasteiger partial charge is 0.352 e. The van der Waals surface area contributed by atoms with E-state index in [1.807, 2.05) is 12.1 Å². The third kappa shape index (κ3) is 7.25. The molecule has 2 aromatic carbocycles. The Kier molecular flexibility index (Phi) is 7.63. The molecule has 0 aromatic heterocycles. The van der Waals surface area contributed by atoms with Gasteiger partial charge in [0.2, 0.25) is 11.8 Å². The number of carbonyl (C=O) groups is 2. The highest BCUT2D eigenvalue weighted by atomic mass is 35.5. The summed E-state index contributed by atoms with van der Waals surface area (Å²) < 4.78 is 0. The Morgan fingerprint density at radius 3 is 2.00 bits per heavy atom. The van der Waals surface area contributed by atoms with E-state index in [1.54, 1.807) is 43.3 Å². The van der Waals surface area contributed by atoms with Gasteiger partial charge in [-0.3, -0.25) is 9.59 Å². The quantitative estimate of drug-likeness (QED) is 0.557. The van der Waals surface area contributed by atoms with Gasteiger partial charge in [0.1, 0.15) is 0 Å². The van der Waals surface area contributed by atoms with Crippen molar-refractivity contribution >= 4 is 40.7 Å². The van der Waals surface area contributed by atoms with Crippen LogP contribution in [0.4, 0.5) is 0 Å². The molecule has 7 heteroatoms. The minimum Gasteiger partial charge on any atom is -0.352 e. The predicted octanol–water partition coefficient (Wildman–Crippen LogP) is 3.73. The van der Waals surface area contributed by atoms with Gasteiger partial charge in [0.05, 0.1) is 12.8 Å². The first-order valence-corrected chi connectivity index (χ1v) is 8.75. The minimum atomic E-state index is -0.256. The summed E-state index contributed by atoms with van der Waals surface area (Å²) in [4.78, 5) is 23.8. The molecule has 0 aliphatic carbocycles. The lowest BCUT2D eigenvalue weighted by Crippen LogP contribution is -2.26. The maximum Gasteiger partial charge on any atom is 0.244 e. The van der Waals surface area contributed by atoms with Gasteiger partial charge in [0.25, 0.3) is 0 Å². The number of carbonyl (C=O) groups excluding carboxylic acids is 2. The van der Waals surface area contributed by atoms with E-state index in [0.717, 1.165) is 11.1 Å². The molecule has 0 saturated heterocycles. The molecule has 5 nitrogen and oxygen atoms in total. The first kappa shape index (κ1) is 19.9. The second-order valence-corrected chi connectivity index (χ2v) is 6.64. The zero-order valence-corrected chi connectivity index (χ0v) is 15.8. The predicted molar refractivity (Wildman–Crippen MR) is 104 cm³/mol. The lowest BCUT2D eigenvalue weighted by molar-refractivity contribution is -0.121. The SMILES string of the molecule is C/C(CC(=O)NCc1ccc(Cl)cc1)=N/NC(=O)Cc1ccc(Cl)cc1. The summed E-state index contributed by atoms with van der Waals surface area (Å²) in [6, 6.07) is 14.2. The zero-order valence-electron chi connectivity index (χ0n) is 14.3. The Balaban J connectivity index is 1.74. The molecule has 0 aliphatic rings. The van der Waals surface area contributed by atoms with Crippen LogP contribution in [-0.2, 0) is 22.6 Å². The third-order valence-corrected chi connectivity index (χ3v) is 3.97. The molecule has 0 unspecified atom stereocenters. The van der Waals surface area contributed by atoms with Crippen LogP contribution in [0.5, 0.6) is 0 Å². The van der Waals surface area contributed by atoms with Gasteiger partial charge in [-0.2, -0.15) is 5.10 Å². The topological polar surface area (TPSA) is 70.6 Å². The number of halogens is 2. The van der Waals surface area contributed by atoms with Crippen LogP contribution in [-0.4, -0.2) is 17.5 Å². The summed E-state index contributed by atoms with van der Waals surface area (Å²) in [5.74, 6) is -0.429. The van der Waals surface area contributed by atoms with Crippen molar-refractivity contribution in [1.29, 1.82) is 0 Å². The van der Waals surface area contributed by atoms with E-state index in [0.29, 0.717) is 22.3 Å². The molecule has 0 radical (unpaired) electrons. The summed E-state index contributed by atoms with van der Waals surface area (Å²) in [5.41, 5.74) is 4.76. The molecule has 2 N–H and O–H groups in total. The Hall–Kier alpha value is -2.37. The van der Waals surface area contributed by atoms with E-state index in [-0.39, 0.29) is 24.7 Å². The molecule has 0 heterocycles. The van der Waals surface area contributed by atoms with Crippen molar-refractivity contribution in [1.82, 2.24) is 10.7 Å². The van der Waals surface area contributed by atoms with Crippen molar-refractivity contribution in [2.75, 3.05) is 0 Å². The van der Waals surface area contributed by atoms with Gasteiger partial charge in [-0.25, -0.2) is 5.43 Å². The zero-order chi connectivity index (χ0) is 18.9. The van der Waals surface area contributed by atoms with E-state index < -0.39 is 0 Å². The molecular weight excluding hydrogens is 373 g/mol. The second kappa shape index (κ2) is 9.94. The lowest BCUT2D eigenvalue weighted by atomic mass is 10.1. The van der Waals surface area contributed by atoms with E-state index in [2.05, 4.69) is 15.8 Å². The maximum atomic E-state index is 11.9. The van der Waals surface area contributed by atoms with Crippen LogP contribution < -0.4 is 10.7 Å². The third-order valence-electron chi connectivity index (χ3n) is 3.47. The second-order valence-electron chi connectivity index (χ2n) is 5.77. The number of rotatable bonds is 7. The highest BCUT2D eigenvalue weighted by Gasteiger charge is 2.06. The van der Waals surface area contributed by atoms with Crippen LogP contribution in [0.3, 0.4) is 0 Å². The normalized spacial score (nSPS) is 11.1. The molecule has 2 amide bonds. The number of hydrogen-bond donors (Lipinski definition) is 2. The van der Waals surface area contributed by atoms with Gasteiger partial charge < -0.3 is 5.32 Å². The summed E-state index contributed by atoms with van der Waals surface area (Å²) in [6.07, 6.45) is 0.297. The van der Waals surface area contributed by atoms with Crippen molar-refractivity contribution in [3.63, 3.8) is 0 Å². The number of nitrogens with zero attached hydrogens (tertiary/aromatic N) is 1. The van der Waals surface area contributed by atoms with Crippen molar-refractivity contribution < 1.29 is 9.59 Å². The first-order valence-electron chi connectivity index (χ1n) is 8.00. The molecule has 2 aromatic rings. The molecule has 136 valence electrons. The van der Waals surface area contributed by atoms with E-state index in [1.165, 1.54) is 0 Å². The van der Waals surface area contributed by atoms with Gasteiger partial charge in [-0.15, -0.1) is 0 Å². The van der Waals surface area contributed by atoms with Gasteiger partial charge in [-0.05, 0) is 42.3 Å². The Morgan fingerprint density at radius 2 is 1.42 bits per heavy atom. The number of hydrogen-bond acceptors (Lipinski definition) is 3. The Morgan fingerprint density at radius 1 is 0.885 bits per heavy atom. The number of hydrazone groups is 1. The summed E-state index contributed by atoms with van der Waals surface area (Å²) >= 11 is 11.6. The van der Waals surface area contributed by atoms with Crippen LogP contribution in [0, 0.1) is 0 Å². The monoisotopic (exact) mass is 391 g/mol. The van der Waals surface area contributed by atoms with Crippen LogP contribution in [0.25, 0.3) is 0 Å². The Labute approximate surface area is 162 Å². The molecule has 0 saturated carbocycles. The molecule has 0 fully saturated rings. The van der Waals surface area contributed by atoms with Gasteiger partial charge >= 0.3 is 0 Å². The van der Waals surface area contributed by atoms with Crippen molar-refractivity contribution in [3.05, 3.63) is 69.7 Å². The van der Waals surface area contributed by atoms with E-state index >= 15 is 0 Å². The molecule has 0 atom stereocenters. The average molecular weight is 392 g/mol. The Bertz CT molecular complexity index is 787. The van der Waals surface area contributed by atoms with Gasteiger partial charge in [0, 0.05) is 22.3 Å². The fraction of sp³-hybridized carbons (Fsp3) is 0.211. The summed E-state index contributed by atoms with van der Waals surface area (Å²) in [7, 11) is 0. The van der Waals surface area contributed by atoms with Gasteiger partial charge in [-0.1, -0.05) is 47.5 Å². The fourth-order valence-electron chi connectivity index (χ4n) is 2.12. The molecular formula is C19H19Cl2N3O2. The van der Waals surface area contributed by atoms with E-state index in [4.69, 9.17) is 23.2 Å². The number of amides is 2. The van der Waals surface area contributed by atoms with Crippen LogP contribution >= 0.6 is 23.2 Å². The fourth-order valence-corrected chi connectivity index (χ4v) is 2.37. The summed E-state index contributed by atoms with van der Waals surface area (Å²) in [5, 5.41) is 8.02. The minimum absolute atomic E-state index is 0.106. The lowest BCUT2D eigenvalue weighted by Gasteiger charge is -2.06. The summed E-state index contributed by atoms with van der Waals surface area (Å²) in [6.45, 7) is 2.09. The van der Waals surface area contributed by atoms with Gasteiger partial charge in [0.15, 0.2) is 0 Å². The molecule has 0 spiro atoms. The van der Waals surface area contributed by atoms with Crippen LogP contribution in [0.1, 0.15) is 24.5 Å². The van der Waals surface area contributed by atoms with Crippen molar-refractivity contribution in [2.45, 2.75) is 26.3 Å². The average Bonchev–Trinajstić information content (AvgIpc) is 2.61. The van der Waals surface area contributed by atoms with E-state index in [9.17, 15) is 9.59 Å². The smallest absolute Gasteiger partial charge is 0.244 e. The maximum absolute atomic E-state index is 11.9. The van der Waals surface area contributed by atoms with Crippen LogP contribution in [0.2, 0.25) is 10.0 Å². The van der Waals surface area contributed by atoms with Crippen molar-refractivity contribution in [3.8, 4) is 0 Å². The molecule has 0 bridgehead atoms. The number of benzene rings is 2. The number of nitrogens with one attached hydrogen (secondary N) is 2.